The molecule has 2 nitrogen and oxygen atoms in total. The summed E-state index contributed by atoms with van der Waals surface area (Å²) < 4.78 is 5.40. The first-order valence-corrected chi connectivity index (χ1v) is 8.50. The van der Waals surface area contributed by atoms with E-state index < -0.39 is 0 Å². The average molecular weight is 284 g/mol. The van der Waals surface area contributed by atoms with Crippen molar-refractivity contribution in [2.24, 2.45) is 17.3 Å². The molecule has 0 heterocycles. The van der Waals surface area contributed by atoms with Crippen molar-refractivity contribution in [3.63, 3.8) is 0 Å². The van der Waals surface area contributed by atoms with Gasteiger partial charge in [0.15, 0.2) is 0 Å². The summed E-state index contributed by atoms with van der Waals surface area (Å²) in [5.41, 5.74) is -0.270. The summed E-state index contributed by atoms with van der Waals surface area (Å²) in [6.07, 6.45) is 7.41. The van der Waals surface area contributed by atoms with Crippen LogP contribution in [-0.4, -0.2) is 19.5 Å². The zero-order valence-electron chi connectivity index (χ0n) is 14.6. The third-order valence-corrected chi connectivity index (χ3v) is 4.81. The van der Waals surface area contributed by atoms with Gasteiger partial charge in [-0.05, 0) is 24.7 Å². The molecule has 0 spiro atoms. The molecule has 0 aromatic heterocycles. The maximum Gasteiger partial charge on any atom is 0.141 e. The summed E-state index contributed by atoms with van der Waals surface area (Å²) in [7, 11) is 1.71. The van der Waals surface area contributed by atoms with E-state index >= 15 is 0 Å². The first-order chi connectivity index (χ1) is 9.48. The molecule has 0 aliphatic heterocycles. The lowest BCUT2D eigenvalue weighted by Crippen LogP contribution is -2.40. The molecule has 0 fully saturated rings. The lowest BCUT2D eigenvalue weighted by Gasteiger charge is -2.36. The lowest BCUT2D eigenvalue weighted by atomic mass is 9.69. The Balaban J connectivity index is 4.77. The van der Waals surface area contributed by atoms with E-state index in [1.54, 1.807) is 7.11 Å². The fourth-order valence-corrected chi connectivity index (χ4v) is 3.32. The molecule has 20 heavy (non-hydrogen) atoms. The molecule has 0 N–H and O–H groups in total. The molecule has 0 aliphatic carbocycles. The van der Waals surface area contributed by atoms with Gasteiger partial charge in [0.05, 0.1) is 12.0 Å². The molecule has 2 heteroatoms. The third-order valence-electron chi connectivity index (χ3n) is 4.81. The van der Waals surface area contributed by atoms with Crippen LogP contribution in [0.4, 0.5) is 0 Å². The normalized spacial score (nSPS) is 16.1. The largest absolute Gasteiger partial charge is 0.384 e. The predicted octanol–water partition coefficient (Wildman–Crippen LogP) is 5.25. The quantitative estimate of drug-likeness (QED) is 0.489. The van der Waals surface area contributed by atoms with E-state index in [4.69, 9.17) is 4.74 Å². The molecule has 0 bridgehead atoms. The molecule has 0 aromatic rings. The van der Waals surface area contributed by atoms with Gasteiger partial charge in [-0.15, -0.1) is 0 Å². The number of hydrogen-bond donors (Lipinski definition) is 0. The van der Waals surface area contributed by atoms with Crippen molar-refractivity contribution in [3.8, 4) is 0 Å². The number of rotatable bonds is 12. The second kappa shape index (κ2) is 10.4. The fourth-order valence-electron chi connectivity index (χ4n) is 3.32. The zero-order valence-corrected chi connectivity index (χ0v) is 14.6. The number of methoxy groups -OCH3 is 1. The van der Waals surface area contributed by atoms with E-state index in [1.807, 2.05) is 0 Å². The van der Waals surface area contributed by atoms with Crippen LogP contribution < -0.4 is 0 Å². The average Bonchev–Trinajstić information content (AvgIpc) is 2.42. The predicted molar refractivity (Wildman–Crippen MR) is 87.0 cm³/mol. The Hall–Kier alpha value is -0.370. The summed E-state index contributed by atoms with van der Waals surface area (Å²) in [6.45, 7) is 11.5. The Labute approximate surface area is 126 Å². The number of hydrogen-bond acceptors (Lipinski definition) is 2. The topological polar surface area (TPSA) is 26.3 Å². The van der Waals surface area contributed by atoms with Crippen molar-refractivity contribution in [1.29, 1.82) is 0 Å². The number of ether oxygens (including phenoxy) is 1. The lowest BCUT2D eigenvalue weighted by molar-refractivity contribution is -0.136. The van der Waals surface area contributed by atoms with Gasteiger partial charge in [-0.1, -0.05) is 60.3 Å². The molecular formula is C18H36O2. The first-order valence-electron chi connectivity index (χ1n) is 8.50. The van der Waals surface area contributed by atoms with Crippen molar-refractivity contribution >= 4 is 5.78 Å². The Kier molecular flexibility index (Phi) is 10.2. The van der Waals surface area contributed by atoms with Gasteiger partial charge >= 0.3 is 0 Å². The Morgan fingerprint density at radius 2 is 1.75 bits per heavy atom. The minimum absolute atomic E-state index is 0.270. The Morgan fingerprint density at radius 3 is 2.15 bits per heavy atom. The van der Waals surface area contributed by atoms with Gasteiger partial charge in [-0.3, -0.25) is 4.79 Å². The molecule has 2 unspecified atom stereocenters. The van der Waals surface area contributed by atoms with Gasteiger partial charge in [0.2, 0.25) is 0 Å². The molecule has 0 rings (SSSR count). The molecule has 120 valence electrons. The van der Waals surface area contributed by atoms with Crippen molar-refractivity contribution in [3.05, 3.63) is 0 Å². The van der Waals surface area contributed by atoms with E-state index in [0.29, 0.717) is 24.2 Å². The van der Waals surface area contributed by atoms with Crippen molar-refractivity contribution in [1.82, 2.24) is 0 Å². The van der Waals surface area contributed by atoms with E-state index in [-0.39, 0.29) is 5.41 Å². The number of Topliss-reactive ketones (excluding diaryl/α,β-unsaturated/α-hetero) is 1. The van der Waals surface area contributed by atoms with Crippen molar-refractivity contribution in [2.45, 2.75) is 79.6 Å². The Morgan fingerprint density at radius 1 is 1.10 bits per heavy atom. The summed E-state index contributed by atoms with van der Waals surface area (Å²) in [4.78, 5) is 12.8. The second-order valence-electron chi connectivity index (χ2n) is 6.52. The summed E-state index contributed by atoms with van der Waals surface area (Å²) in [5, 5.41) is 0. The zero-order chi connectivity index (χ0) is 15.6. The second-order valence-corrected chi connectivity index (χ2v) is 6.52. The molecule has 0 saturated heterocycles. The minimum atomic E-state index is -0.270. The van der Waals surface area contributed by atoms with Crippen LogP contribution in [0.5, 0.6) is 0 Å². The van der Waals surface area contributed by atoms with Crippen molar-refractivity contribution in [2.75, 3.05) is 13.7 Å². The summed E-state index contributed by atoms with van der Waals surface area (Å²) in [5.74, 6) is 1.48. The molecule has 0 saturated carbocycles. The van der Waals surface area contributed by atoms with Gasteiger partial charge in [0.1, 0.15) is 5.78 Å². The number of carbonyl (C=O) groups is 1. The van der Waals surface area contributed by atoms with E-state index in [0.717, 1.165) is 25.7 Å². The molecule has 0 radical (unpaired) electrons. The highest BCUT2D eigenvalue weighted by Crippen LogP contribution is 2.36. The van der Waals surface area contributed by atoms with Crippen LogP contribution in [0.25, 0.3) is 0 Å². The van der Waals surface area contributed by atoms with Gasteiger partial charge in [0.25, 0.3) is 0 Å². The van der Waals surface area contributed by atoms with Crippen LogP contribution >= 0.6 is 0 Å². The van der Waals surface area contributed by atoms with Gasteiger partial charge < -0.3 is 4.74 Å². The van der Waals surface area contributed by atoms with Crippen LogP contribution in [0.15, 0.2) is 0 Å². The summed E-state index contributed by atoms with van der Waals surface area (Å²) in [6, 6.07) is 0. The van der Waals surface area contributed by atoms with E-state index in [9.17, 15) is 4.79 Å². The van der Waals surface area contributed by atoms with E-state index in [2.05, 4.69) is 34.6 Å². The van der Waals surface area contributed by atoms with Crippen LogP contribution in [-0.2, 0) is 9.53 Å². The van der Waals surface area contributed by atoms with Gasteiger partial charge in [0, 0.05) is 13.5 Å². The highest BCUT2D eigenvalue weighted by molar-refractivity contribution is 5.85. The number of ketones is 1. The maximum absolute atomic E-state index is 12.8. The summed E-state index contributed by atoms with van der Waals surface area (Å²) >= 11 is 0. The number of carbonyl (C=O) groups excluding carboxylic acids is 1. The van der Waals surface area contributed by atoms with Crippen molar-refractivity contribution < 1.29 is 9.53 Å². The molecule has 0 aromatic carbocycles. The molecule has 0 aliphatic rings. The maximum atomic E-state index is 12.8. The smallest absolute Gasteiger partial charge is 0.141 e. The highest BCUT2D eigenvalue weighted by atomic mass is 16.5. The standard InChI is InChI=1S/C18H36O2/c1-7-10-16(9-3)11-12-17(19)18(13-8-2,14-20-6)15(4)5/h15-16H,7-14H2,1-6H3. The van der Waals surface area contributed by atoms with Crippen LogP contribution in [0.1, 0.15) is 79.6 Å². The monoisotopic (exact) mass is 284 g/mol. The third kappa shape index (κ3) is 5.55. The molecule has 2 atom stereocenters. The first kappa shape index (κ1) is 19.6. The van der Waals surface area contributed by atoms with Gasteiger partial charge in [-0.25, -0.2) is 0 Å². The van der Waals surface area contributed by atoms with Crippen LogP contribution in [0.2, 0.25) is 0 Å². The Bertz CT molecular complexity index is 252. The highest BCUT2D eigenvalue weighted by Gasteiger charge is 2.39. The fraction of sp³-hybridized carbons (Fsp3) is 0.944. The SMILES string of the molecule is CCCC(CC)CCC(=O)C(CCC)(COC)C(C)C. The molecular weight excluding hydrogens is 248 g/mol. The van der Waals surface area contributed by atoms with Crippen LogP contribution in [0.3, 0.4) is 0 Å². The van der Waals surface area contributed by atoms with E-state index in [1.165, 1.54) is 19.3 Å². The molecule has 0 amide bonds. The minimum Gasteiger partial charge on any atom is -0.384 e. The van der Waals surface area contributed by atoms with Gasteiger partial charge in [-0.2, -0.15) is 0 Å². The van der Waals surface area contributed by atoms with Crippen LogP contribution in [0, 0.1) is 17.3 Å².